The first kappa shape index (κ1) is 16.4. The Balaban J connectivity index is 1.64. The number of thioether (sulfide) groups is 1. The van der Waals surface area contributed by atoms with Gasteiger partial charge in [0.2, 0.25) is 5.89 Å². The molecule has 0 bridgehead atoms. The lowest BCUT2D eigenvalue weighted by atomic mass is 10.2. The molecule has 0 radical (unpaired) electrons. The number of benzene rings is 2. The number of hydrogen-bond donors (Lipinski definition) is 1. The normalized spacial score (nSPS) is 11.0. The number of fused-ring (bicyclic) bond motifs is 1. The number of aromatic nitrogens is 4. The number of nitrogens with one attached hydrogen (secondary N) is 1. The van der Waals surface area contributed by atoms with Crippen molar-refractivity contribution >= 4 is 22.8 Å². The summed E-state index contributed by atoms with van der Waals surface area (Å²) in [6, 6.07) is 13.6. The minimum Gasteiger partial charge on any atom is -0.497 e. The highest BCUT2D eigenvalue weighted by atomic mass is 32.2. The molecule has 6 nitrogen and oxygen atoms in total. The van der Waals surface area contributed by atoms with Crippen LogP contribution in [0.3, 0.4) is 0 Å². The number of rotatable bonds is 6. The number of hydrogen-bond acceptors (Lipinski definition) is 6. The quantitative estimate of drug-likeness (QED) is 0.399. The summed E-state index contributed by atoms with van der Waals surface area (Å²) < 4.78 is 10.9. The lowest BCUT2D eigenvalue weighted by Gasteiger charge is -2.00. The zero-order valence-electron chi connectivity index (χ0n) is 14.1. The molecule has 4 aromatic rings. The van der Waals surface area contributed by atoms with E-state index in [2.05, 4.69) is 26.7 Å². The molecule has 2 aromatic heterocycles. The fourth-order valence-electron chi connectivity index (χ4n) is 2.54. The maximum atomic E-state index is 5.68. The zero-order valence-corrected chi connectivity index (χ0v) is 14.9. The minimum atomic E-state index is 0.485. The van der Waals surface area contributed by atoms with Crippen LogP contribution in [0.1, 0.15) is 0 Å². The van der Waals surface area contributed by atoms with E-state index in [4.69, 9.17) is 9.15 Å². The molecule has 0 saturated carbocycles. The van der Waals surface area contributed by atoms with Crippen LogP contribution in [0, 0.1) is 0 Å². The van der Waals surface area contributed by atoms with Crippen LogP contribution >= 0.6 is 11.8 Å². The van der Waals surface area contributed by atoms with Gasteiger partial charge in [-0.2, -0.15) is 0 Å². The third kappa shape index (κ3) is 3.21. The number of ether oxygens (including phenoxy) is 1. The first-order chi connectivity index (χ1) is 12.8. The van der Waals surface area contributed by atoms with Crippen molar-refractivity contribution in [1.29, 1.82) is 0 Å². The molecule has 0 unspecified atom stereocenters. The van der Waals surface area contributed by atoms with Crippen molar-refractivity contribution in [2.75, 3.05) is 12.9 Å². The molecule has 26 heavy (non-hydrogen) atoms. The van der Waals surface area contributed by atoms with Crippen molar-refractivity contribution in [1.82, 2.24) is 20.2 Å². The fourth-order valence-corrected chi connectivity index (χ4v) is 3.04. The van der Waals surface area contributed by atoms with E-state index in [1.807, 2.05) is 42.5 Å². The number of nitrogens with zero attached hydrogens (tertiary/aromatic N) is 3. The Morgan fingerprint density at radius 3 is 2.73 bits per heavy atom. The molecular weight excluding hydrogens is 348 g/mol. The maximum absolute atomic E-state index is 5.68. The van der Waals surface area contributed by atoms with Crippen LogP contribution in [0.15, 0.2) is 64.8 Å². The van der Waals surface area contributed by atoms with E-state index < -0.39 is 0 Å². The van der Waals surface area contributed by atoms with Crippen molar-refractivity contribution in [2.24, 2.45) is 0 Å². The molecule has 0 atom stereocenters. The van der Waals surface area contributed by atoms with Gasteiger partial charge in [-0.15, -0.1) is 16.8 Å². The Morgan fingerprint density at radius 1 is 1.15 bits per heavy atom. The number of aromatic amines is 1. The molecule has 7 heteroatoms. The van der Waals surface area contributed by atoms with E-state index in [1.165, 1.54) is 11.8 Å². The maximum Gasteiger partial charge on any atom is 0.277 e. The molecule has 0 spiro atoms. The van der Waals surface area contributed by atoms with Crippen LogP contribution in [0.5, 0.6) is 5.75 Å². The molecule has 0 amide bonds. The van der Waals surface area contributed by atoms with Crippen molar-refractivity contribution < 1.29 is 9.15 Å². The standard InChI is InChI=1S/C19H16N4O2S/c1-3-10-26-19-23-22-18(25-19)13-6-9-15-16(11-13)21-17(20-15)12-4-7-14(24-2)8-5-12/h3-9,11H,1,10H2,2H3,(H,20,21). The highest BCUT2D eigenvalue weighted by molar-refractivity contribution is 7.99. The van der Waals surface area contributed by atoms with E-state index >= 15 is 0 Å². The third-order valence-electron chi connectivity index (χ3n) is 3.82. The van der Waals surface area contributed by atoms with E-state index in [0.29, 0.717) is 11.1 Å². The van der Waals surface area contributed by atoms with Crippen LogP contribution in [-0.4, -0.2) is 33.0 Å². The van der Waals surface area contributed by atoms with Gasteiger partial charge in [-0.05, 0) is 42.5 Å². The van der Waals surface area contributed by atoms with Gasteiger partial charge in [0, 0.05) is 16.9 Å². The number of imidazole rings is 1. The van der Waals surface area contributed by atoms with Gasteiger partial charge in [0.1, 0.15) is 11.6 Å². The van der Waals surface area contributed by atoms with E-state index in [1.54, 1.807) is 13.2 Å². The van der Waals surface area contributed by atoms with Crippen LogP contribution in [-0.2, 0) is 0 Å². The molecule has 4 rings (SSSR count). The molecule has 0 fully saturated rings. The van der Waals surface area contributed by atoms with Crippen LogP contribution in [0.2, 0.25) is 0 Å². The predicted octanol–water partition coefficient (Wildman–Crippen LogP) is 4.57. The van der Waals surface area contributed by atoms with Gasteiger partial charge in [0.05, 0.1) is 18.1 Å². The van der Waals surface area contributed by atoms with Gasteiger partial charge in [-0.25, -0.2) is 4.98 Å². The molecule has 2 aromatic carbocycles. The second-order valence-corrected chi connectivity index (χ2v) is 6.49. The summed E-state index contributed by atoms with van der Waals surface area (Å²) in [7, 11) is 1.65. The van der Waals surface area contributed by atoms with Gasteiger partial charge in [0.15, 0.2) is 0 Å². The van der Waals surface area contributed by atoms with E-state index in [9.17, 15) is 0 Å². The van der Waals surface area contributed by atoms with E-state index in [0.717, 1.165) is 39.5 Å². The Hall–Kier alpha value is -3.06. The number of methoxy groups -OCH3 is 1. The zero-order chi connectivity index (χ0) is 17.9. The average Bonchev–Trinajstić information content (AvgIpc) is 3.32. The summed E-state index contributed by atoms with van der Waals surface area (Å²) in [5, 5.41) is 8.68. The second kappa shape index (κ2) is 7.05. The Bertz CT molecular complexity index is 1050. The van der Waals surface area contributed by atoms with Crippen LogP contribution in [0.25, 0.3) is 33.9 Å². The van der Waals surface area contributed by atoms with E-state index in [-0.39, 0.29) is 0 Å². The SMILES string of the molecule is C=CCSc1nnc(-c2ccc3nc(-c4ccc(OC)cc4)[nH]c3c2)o1. The summed E-state index contributed by atoms with van der Waals surface area (Å²) in [6.45, 7) is 3.68. The lowest BCUT2D eigenvalue weighted by Crippen LogP contribution is -1.83. The van der Waals surface area contributed by atoms with Gasteiger partial charge < -0.3 is 14.1 Å². The first-order valence-corrected chi connectivity index (χ1v) is 8.97. The van der Waals surface area contributed by atoms with Crippen LogP contribution in [0.4, 0.5) is 0 Å². The monoisotopic (exact) mass is 364 g/mol. The summed E-state index contributed by atoms with van der Waals surface area (Å²) in [6.07, 6.45) is 1.80. The lowest BCUT2D eigenvalue weighted by molar-refractivity contribution is 0.415. The Morgan fingerprint density at radius 2 is 1.96 bits per heavy atom. The number of H-pyrrole nitrogens is 1. The molecule has 0 aliphatic heterocycles. The van der Waals surface area contributed by atoms with Crippen molar-refractivity contribution in [2.45, 2.75) is 5.22 Å². The van der Waals surface area contributed by atoms with Gasteiger partial charge in [-0.3, -0.25) is 0 Å². The molecular formula is C19H16N4O2S. The Labute approximate surface area is 154 Å². The summed E-state index contributed by atoms with van der Waals surface area (Å²) >= 11 is 1.46. The second-order valence-electron chi connectivity index (χ2n) is 5.52. The molecule has 130 valence electrons. The van der Waals surface area contributed by atoms with Crippen molar-refractivity contribution in [3.05, 3.63) is 55.1 Å². The topological polar surface area (TPSA) is 76.8 Å². The van der Waals surface area contributed by atoms with Gasteiger partial charge >= 0.3 is 0 Å². The fraction of sp³-hybridized carbons (Fsp3) is 0.105. The predicted molar refractivity (Wildman–Crippen MR) is 102 cm³/mol. The van der Waals surface area contributed by atoms with Gasteiger partial charge in [-0.1, -0.05) is 17.8 Å². The highest BCUT2D eigenvalue weighted by Gasteiger charge is 2.11. The average molecular weight is 364 g/mol. The molecule has 0 aliphatic rings. The molecule has 2 heterocycles. The van der Waals surface area contributed by atoms with Gasteiger partial charge in [0.25, 0.3) is 5.22 Å². The van der Waals surface area contributed by atoms with Crippen molar-refractivity contribution in [3.63, 3.8) is 0 Å². The molecule has 0 saturated heterocycles. The summed E-state index contributed by atoms with van der Waals surface area (Å²) in [5.74, 6) is 2.83. The minimum absolute atomic E-state index is 0.485. The van der Waals surface area contributed by atoms with Crippen molar-refractivity contribution in [3.8, 4) is 28.6 Å². The molecule has 0 aliphatic carbocycles. The third-order valence-corrected chi connectivity index (χ3v) is 4.64. The Kier molecular flexibility index (Phi) is 4.45. The first-order valence-electron chi connectivity index (χ1n) is 7.98. The molecule has 1 N–H and O–H groups in total. The summed E-state index contributed by atoms with van der Waals surface area (Å²) in [4.78, 5) is 7.98. The van der Waals surface area contributed by atoms with Crippen LogP contribution < -0.4 is 4.74 Å². The smallest absolute Gasteiger partial charge is 0.277 e. The largest absolute Gasteiger partial charge is 0.497 e. The summed E-state index contributed by atoms with van der Waals surface area (Å²) in [5.41, 5.74) is 3.62. The highest BCUT2D eigenvalue weighted by Crippen LogP contribution is 2.28.